The van der Waals surface area contributed by atoms with Gasteiger partial charge < -0.3 is 14.2 Å². The summed E-state index contributed by atoms with van der Waals surface area (Å²) in [7, 11) is 1.29. The van der Waals surface area contributed by atoms with Crippen LogP contribution in [0.25, 0.3) is 0 Å². The molecule has 0 amide bonds. The number of ketones is 1. The maximum atomic E-state index is 11.8. The van der Waals surface area contributed by atoms with Crippen LogP contribution in [0.15, 0.2) is 29.8 Å². The zero-order chi connectivity index (χ0) is 20.9. The predicted octanol–water partition coefficient (Wildman–Crippen LogP) is 5.25. The van der Waals surface area contributed by atoms with Crippen molar-refractivity contribution in [3.8, 4) is 5.75 Å². The van der Waals surface area contributed by atoms with E-state index in [1.807, 2.05) is 26.8 Å². The summed E-state index contributed by atoms with van der Waals surface area (Å²) in [4.78, 5) is 23.0. The average molecular weight is 389 g/mol. The molecule has 0 N–H and O–H groups in total. The molecule has 0 aromatic heterocycles. The molecule has 0 spiro atoms. The molecular formula is C23H32O5. The normalized spacial score (nSPS) is 18.4. The van der Waals surface area contributed by atoms with Crippen LogP contribution in [0.5, 0.6) is 5.75 Å². The lowest BCUT2D eigenvalue weighted by Crippen LogP contribution is -2.38. The Morgan fingerprint density at radius 3 is 2.61 bits per heavy atom. The number of para-hydroxylation sites is 1. The van der Waals surface area contributed by atoms with E-state index >= 15 is 0 Å². The van der Waals surface area contributed by atoms with Crippen molar-refractivity contribution in [1.82, 2.24) is 0 Å². The number of fused-ring (bicyclic) bond motifs is 1. The minimum Gasteiger partial charge on any atom is -0.469 e. The highest BCUT2D eigenvalue weighted by molar-refractivity contribution is 5.95. The van der Waals surface area contributed by atoms with Gasteiger partial charge in [0.25, 0.3) is 0 Å². The summed E-state index contributed by atoms with van der Waals surface area (Å²) in [6.45, 7) is 10.2. The molecule has 2 rings (SSSR count). The van der Waals surface area contributed by atoms with E-state index < -0.39 is 11.8 Å². The molecule has 154 valence electrons. The highest BCUT2D eigenvalue weighted by Gasteiger charge is 2.35. The van der Waals surface area contributed by atoms with Crippen LogP contribution < -0.4 is 4.74 Å². The fourth-order valence-corrected chi connectivity index (χ4v) is 3.32. The largest absolute Gasteiger partial charge is 0.469 e. The fourth-order valence-electron chi connectivity index (χ4n) is 3.32. The molecule has 0 aliphatic carbocycles. The van der Waals surface area contributed by atoms with E-state index in [9.17, 15) is 9.59 Å². The van der Waals surface area contributed by atoms with E-state index in [4.69, 9.17) is 9.47 Å². The minimum atomic E-state index is -0.694. The number of hydrogen-bond donors (Lipinski definition) is 0. The molecule has 1 unspecified atom stereocenters. The molecule has 0 saturated heterocycles. The molecule has 1 aliphatic heterocycles. The summed E-state index contributed by atoms with van der Waals surface area (Å²) in [6.07, 6.45) is 3.53. The topological polar surface area (TPSA) is 61.8 Å². The highest BCUT2D eigenvalue weighted by atomic mass is 16.7. The SMILES string of the molecule is COC(=O)CC(=O)CC/C(C)=C/CC1OC(C)(C)Oc2c(C(C)C)cccc21. The van der Waals surface area contributed by atoms with E-state index in [1.54, 1.807) is 0 Å². The van der Waals surface area contributed by atoms with Crippen molar-refractivity contribution in [3.05, 3.63) is 41.0 Å². The van der Waals surface area contributed by atoms with Crippen LogP contribution >= 0.6 is 0 Å². The molecule has 0 saturated carbocycles. The van der Waals surface area contributed by atoms with Crippen LogP contribution in [-0.4, -0.2) is 24.6 Å². The standard InChI is InChI=1S/C23H32O5/c1-15(2)18-8-7-9-19-20(27-23(4,5)28-22(18)19)13-11-16(3)10-12-17(24)14-21(25)26-6/h7-9,11,15,20H,10,12-14H2,1-6H3/b16-11+. The van der Waals surface area contributed by atoms with Crippen LogP contribution in [0.2, 0.25) is 0 Å². The summed E-state index contributed by atoms with van der Waals surface area (Å²) in [5.74, 6) is 0.0126. The second-order valence-electron chi connectivity index (χ2n) is 8.11. The van der Waals surface area contributed by atoms with Crippen molar-refractivity contribution >= 4 is 11.8 Å². The van der Waals surface area contributed by atoms with Crippen LogP contribution in [0.4, 0.5) is 0 Å². The molecule has 1 aromatic carbocycles. The monoisotopic (exact) mass is 388 g/mol. The number of carbonyl (C=O) groups is 2. The molecular weight excluding hydrogens is 356 g/mol. The Bertz CT molecular complexity index is 745. The summed E-state index contributed by atoms with van der Waals surface area (Å²) < 4.78 is 16.9. The Hall–Kier alpha value is -2.14. The number of rotatable bonds is 8. The second kappa shape index (κ2) is 9.37. The number of carbonyl (C=O) groups excluding carboxylic acids is 2. The average Bonchev–Trinajstić information content (AvgIpc) is 2.62. The first-order chi connectivity index (χ1) is 13.1. The first-order valence-corrected chi connectivity index (χ1v) is 9.86. The molecule has 0 fully saturated rings. The van der Waals surface area contributed by atoms with Crippen LogP contribution in [-0.2, 0) is 19.1 Å². The lowest BCUT2D eigenvalue weighted by atomic mass is 9.93. The Labute approximate surface area is 168 Å². The number of benzene rings is 1. The molecule has 5 nitrogen and oxygen atoms in total. The lowest BCUT2D eigenvalue weighted by molar-refractivity contribution is -0.206. The van der Waals surface area contributed by atoms with Gasteiger partial charge in [0.2, 0.25) is 5.79 Å². The summed E-state index contributed by atoms with van der Waals surface area (Å²) in [6, 6.07) is 6.22. The van der Waals surface area contributed by atoms with Gasteiger partial charge >= 0.3 is 5.97 Å². The Morgan fingerprint density at radius 1 is 1.25 bits per heavy atom. The van der Waals surface area contributed by atoms with Gasteiger partial charge in [0.15, 0.2) is 0 Å². The molecule has 1 heterocycles. The van der Waals surface area contributed by atoms with Crippen molar-refractivity contribution in [2.75, 3.05) is 7.11 Å². The van der Waals surface area contributed by atoms with Gasteiger partial charge in [-0.15, -0.1) is 0 Å². The Morgan fingerprint density at radius 2 is 1.96 bits per heavy atom. The minimum absolute atomic E-state index is 0.0989. The van der Waals surface area contributed by atoms with Crippen molar-refractivity contribution in [2.24, 2.45) is 0 Å². The fraction of sp³-hybridized carbons (Fsp3) is 0.565. The lowest BCUT2D eigenvalue weighted by Gasteiger charge is -2.39. The third kappa shape index (κ3) is 5.93. The number of hydrogen-bond acceptors (Lipinski definition) is 5. The van der Waals surface area contributed by atoms with E-state index in [2.05, 4.69) is 36.8 Å². The number of Topliss-reactive ketones (excluding diaryl/α,β-unsaturated/α-hetero) is 1. The van der Waals surface area contributed by atoms with Crippen molar-refractivity contribution in [1.29, 1.82) is 0 Å². The van der Waals surface area contributed by atoms with Crippen LogP contribution in [0.1, 0.15) is 83.5 Å². The van der Waals surface area contributed by atoms with E-state index in [0.29, 0.717) is 25.2 Å². The molecule has 5 heteroatoms. The van der Waals surface area contributed by atoms with Gasteiger partial charge in [-0.2, -0.15) is 0 Å². The first-order valence-electron chi connectivity index (χ1n) is 9.86. The van der Waals surface area contributed by atoms with E-state index in [0.717, 1.165) is 16.9 Å². The van der Waals surface area contributed by atoms with Gasteiger partial charge in [-0.05, 0) is 31.2 Å². The molecule has 1 aliphatic rings. The second-order valence-corrected chi connectivity index (χ2v) is 8.11. The van der Waals surface area contributed by atoms with Crippen molar-refractivity contribution in [2.45, 2.75) is 78.1 Å². The van der Waals surface area contributed by atoms with Crippen LogP contribution in [0, 0.1) is 0 Å². The number of allylic oxidation sites excluding steroid dienone is 1. The molecule has 28 heavy (non-hydrogen) atoms. The molecule has 1 aromatic rings. The van der Waals surface area contributed by atoms with Gasteiger partial charge in [-0.1, -0.05) is 43.7 Å². The number of methoxy groups -OCH3 is 1. The molecule has 0 radical (unpaired) electrons. The summed E-state index contributed by atoms with van der Waals surface area (Å²) >= 11 is 0. The first kappa shape index (κ1) is 22.2. The highest BCUT2D eigenvalue weighted by Crippen LogP contribution is 2.44. The zero-order valence-corrected chi connectivity index (χ0v) is 17.8. The molecule has 1 atom stereocenters. The summed E-state index contributed by atoms with van der Waals surface area (Å²) in [5, 5.41) is 0. The predicted molar refractivity (Wildman–Crippen MR) is 108 cm³/mol. The van der Waals surface area contributed by atoms with Gasteiger partial charge in [-0.3, -0.25) is 9.59 Å². The van der Waals surface area contributed by atoms with Gasteiger partial charge in [-0.25, -0.2) is 0 Å². The van der Waals surface area contributed by atoms with Crippen molar-refractivity contribution < 1.29 is 23.8 Å². The summed E-state index contributed by atoms with van der Waals surface area (Å²) in [5.41, 5.74) is 3.36. The molecule has 0 bridgehead atoms. The quantitative estimate of drug-likeness (QED) is 0.346. The van der Waals surface area contributed by atoms with E-state index in [-0.39, 0.29) is 18.3 Å². The van der Waals surface area contributed by atoms with E-state index in [1.165, 1.54) is 12.7 Å². The van der Waals surface area contributed by atoms with Gasteiger partial charge in [0.1, 0.15) is 18.0 Å². The maximum absolute atomic E-state index is 11.8. The maximum Gasteiger partial charge on any atom is 0.313 e. The Balaban J connectivity index is 2.08. The van der Waals surface area contributed by atoms with Gasteiger partial charge in [0.05, 0.1) is 13.2 Å². The third-order valence-corrected chi connectivity index (χ3v) is 4.87. The van der Waals surface area contributed by atoms with Gasteiger partial charge in [0, 0.05) is 25.8 Å². The number of esters is 1. The third-order valence-electron chi connectivity index (χ3n) is 4.87. The van der Waals surface area contributed by atoms with Crippen molar-refractivity contribution in [3.63, 3.8) is 0 Å². The zero-order valence-electron chi connectivity index (χ0n) is 17.8. The Kier molecular flexibility index (Phi) is 7.41. The van der Waals surface area contributed by atoms with Crippen LogP contribution in [0.3, 0.4) is 0 Å². The smallest absolute Gasteiger partial charge is 0.313 e. The number of ether oxygens (including phenoxy) is 3.